The Kier molecular flexibility index (Phi) is 4.36. The molecule has 6 heteroatoms. The molecule has 0 radical (unpaired) electrons. The highest BCUT2D eigenvalue weighted by atomic mass is 32.2. The SMILES string of the molecule is Cc1ccc(S(=O)(=O)OCc2ccc(C#N)cc2F)cc1. The van der Waals surface area contributed by atoms with Crippen molar-refractivity contribution in [2.24, 2.45) is 0 Å². The molecule has 0 aliphatic carbocycles. The van der Waals surface area contributed by atoms with Crippen LogP contribution in [0, 0.1) is 24.1 Å². The zero-order valence-electron chi connectivity index (χ0n) is 11.2. The summed E-state index contributed by atoms with van der Waals surface area (Å²) in [5.41, 5.74) is 1.16. The van der Waals surface area contributed by atoms with Crippen LogP contribution in [0.5, 0.6) is 0 Å². The second-order valence-corrected chi connectivity index (χ2v) is 6.06. The normalized spacial score (nSPS) is 11.1. The second-order valence-electron chi connectivity index (χ2n) is 4.45. The zero-order chi connectivity index (χ0) is 15.5. The third-order valence-corrected chi connectivity index (χ3v) is 4.14. The molecule has 2 aromatic carbocycles. The van der Waals surface area contributed by atoms with E-state index < -0.39 is 22.5 Å². The van der Waals surface area contributed by atoms with Crippen LogP contribution in [0.3, 0.4) is 0 Å². The van der Waals surface area contributed by atoms with Crippen molar-refractivity contribution < 1.29 is 17.0 Å². The van der Waals surface area contributed by atoms with Crippen molar-refractivity contribution >= 4 is 10.1 Å². The molecule has 0 N–H and O–H groups in total. The smallest absolute Gasteiger partial charge is 0.261 e. The minimum Gasteiger partial charge on any atom is -0.261 e. The van der Waals surface area contributed by atoms with Crippen molar-refractivity contribution in [3.63, 3.8) is 0 Å². The van der Waals surface area contributed by atoms with E-state index in [0.29, 0.717) is 0 Å². The molecule has 21 heavy (non-hydrogen) atoms. The van der Waals surface area contributed by atoms with Gasteiger partial charge in [0.2, 0.25) is 0 Å². The van der Waals surface area contributed by atoms with E-state index in [-0.39, 0.29) is 16.0 Å². The van der Waals surface area contributed by atoms with Crippen molar-refractivity contribution in [3.05, 3.63) is 65.0 Å². The van der Waals surface area contributed by atoms with Gasteiger partial charge in [-0.05, 0) is 31.2 Å². The predicted octanol–water partition coefficient (Wildman–Crippen LogP) is 2.91. The van der Waals surface area contributed by atoms with Crippen molar-refractivity contribution in [1.82, 2.24) is 0 Å². The Labute approximate surface area is 122 Å². The summed E-state index contributed by atoms with van der Waals surface area (Å²) in [4.78, 5) is 0.0159. The summed E-state index contributed by atoms with van der Waals surface area (Å²) in [5, 5.41) is 8.64. The molecule has 0 saturated heterocycles. The van der Waals surface area contributed by atoms with E-state index in [2.05, 4.69) is 0 Å². The van der Waals surface area contributed by atoms with Gasteiger partial charge in [-0.2, -0.15) is 13.7 Å². The maximum absolute atomic E-state index is 13.6. The first-order valence-corrected chi connectivity index (χ1v) is 7.48. The molecule has 2 aromatic rings. The zero-order valence-corrected chi connectivity index (χ0v) is 12.0. The maximum Gasteiger partial charge on any atom is 0.297 e. The fraction of sp³-hybridized carbons (Fsp3) is 0.133. The van der Waals surface area contributed by atoms with Gasteiger partial charge in [-0.1, -0.05) is 23.8 Å². The number of hydrogen-bond donors (Lipinski definition) is 0. The molecule has 0 unspecified atom stereocenters. The van der Waals surface area contributed by atoms with Crippen LogP contribution in [0.15, 0.2) is 47.4 Å². The third kappa shape index (κ3) is 3.66. The average Bonchev–Trinajstić information content (AvgIpc) is 2.46. The molecule has 0 bridgehead atoms. The molecule has 0 atom stereocenters. The molecule has 108 valence electrons. The molecule has 0 fully saturated rings. The van der Waals surface area contributed by atoms with Crippen LogP contribution in [-0.2, 0) is 20.9 Å². The van der Waals surface area contributed by atoms with Gasteiger partial charge in [0.05, 0.1) is 23.1 Å². The first kappa shape index (κ1) is 15.2. The first-order valence-electron chi connectivity index (χ1n) is 6.07. The largest absolute Gasteiger partial charge is 0.297 e. The Hall–Kier alpha value is -2.23. The van der Waals surface area contributed by atoms with Gasteiger partial charge in [-0.25, -0.2) is 4.39 Å². The molecule has 0 aliphatic rings. The lowest BCUT2D eigenvalue weighted by atomic mass is 10.1. The van der Waals surface area contributed by atoms with Crippen LogP contribution < -0.4 is 0 Å². The van der Waals surface area contributed by atoms with Crippen molar-refractivity contribution in [2.75, 3.05) is 0 Å². The summed E-state index contributed by atoms with van der Waals surface area (Å²) in [6.45, 7) is 1.41. The Morgan fingerprint density at radius 3 is 2.43 bits per heavy atom. The van der Waals surface area contributed by atoms with E-state index in [4.69, 9.17) is 9.44 Å². The number of nitriles is 1. The van der Waals surface area contributed by atoms with Crippen LogP contribution in [-0.4, -0.2) is 8.42 Å². The van der Waals surface area contributed by atoms with Crippen LogP contribution in [0.2, 0.25) is 0 Å². The molecule has 0 aliphatic heterocycles. The lowest BCUT2D eigenvalue weighted by molar-refractivity contribution is 0.302. The van der Waals surface area contributed by atoms with Gasteiger partial charge in [0.15, 0.2) is 0 Å². The standard InChI is InChI=1S/C15H12FNO3S/c1-11-2-6-14(7-3-11)21(18,19)20-10-13-5-4-12(9-17)8-15(13)16/h2-8H,10H2,1H3. The molecule has 0 aromatic heterocycles. The summed E-state index contributed by atoms with van der Waals surface area (Å²) in [6.07, 6.45) is 0. The molecule has 0 amide bonds. The quantitative estimate of drug-likeness (QED) is 0.815. The van der Waals surface area contributed by atoms with E-state index in [9.17, 15) is 12.8 Å². The molecular weight excluding hydrogens is 293 g/mol. The molecule has 0 saturated carbocycles. The molecule has 4 nitrogen and oxygen atoms in total. The van der Waals surface area contributed by atoms with Gasteiger partial charge >= 0.3 is 0 Å². The number of nitrogens with zero attached hydrogens (tertiary/aromatic N) is 1. The Morgan fingerprint density at radius 1 is 1.19 bits per heavy atom. The topological polar surface area (TPSA) is 67.2 Å². The Balaban J connectivity index is 2.15. The number of rotatable bonds is 4. The van der Waals surface area contributed by atoms with E-state index in [0.717, 1.165) is 11.6 Å². The third-order valence-electron chi connectivity index (χ3n) is 2.86. The lowest BCUT2D eigenvalue weighted by Gasteiger charge is -2.07. The van der Waals surface area contributed by atoms with Gasteiger partial charge in [0.1, 0.15) is 5.82 Å². The molecule has 0 heterocycles. The fourth-order valence-corrected chi connectivity index (χ4v) is 2.54. The lowest BCUT2D eigenvalue weighted by Crippen LogP contribution is -2.07. The minimum absolute atomic E-state index is 0.0159. The minimum atomic E-state index is -3.94. The predicted molar refractivity (Wildman–Crippen MR) is 74.3 cm³/mol. The summed E-state index contributed by atoms with van der Waals surface area (Å²) in [6, 6.07) is 11.7. The average molecular weight is 305 g/mol. The van der Waals surface area contributed by atoms with E-state index in [1.165, 1.54) is 24.3 Å². The Morgan fingerprint density at radius 2 is 1.86 bits per heavy atom. The highest BCUT2D eigenvalue weighted by Crippen LogP contribution is 2.17. The molecular formula is C15H12FNO3S. The summed E-state index contributed by atoms with van der Waals surface area (Å²) in [5.74, 6) is -0.673. The van der Waals surface area contributed by atoms with Crippen molar-refractivity contribution in [2.45, 2.75) is 18.4 Å². The highest BCUT2D eigenvalue weighted by molar-refractivity contribution is 7.86. The van der Waals surface area contributed by atoms with Gasteiger partial charge in [-0.15, -0.1) is 0 Å². The van der Waals surface area contributed by atoms with Gasteiger partial charge in [0, 0.05) is 5.56 Å². The number of halogens is 1. The summed E-state index contributed by atoms with van der Waals surface area (Å²) >= 11 is 0. The van der Waals surface area contributed by atoms with Crippen LogP contribution in [0.1, 0.15) is 16.7 Å². The maximum atomic E-state index is 13.6. The van der Waals surface area contributed by atoms with Crippen molar-refractivity contribution in [3.8, 4) is 6.07 Å². The highest BCUT2D eigenvalue weighted by Gasteiger charge is 2.16. The number of aryl methyl sites for hydroxylation is 1. The molecule has 0 spiro atoms. The Bertz CT molecular complexity index is 793. The summed E-state index contributed by atoms with van der Waals surface area (Å²) < 4.78 is 42.4. The van der Waals surface area contributed by atoms with Crippen molar-refractivity contribution in [1.29, 1.82) is 5.26 Å². The van der Waals surface area contributed by atoms with Gasteiger partial charge < -0.3 is 0 Å². The van der Waals surface area contributed by atoms with Crippen LogP contribution in [0.25, 0.3) is 0 Å². The van der Waals surface area contributed by atoms with Gasteiger partial charge in [0.25, 0.3) is 10.1 Å². The van der Waals surface area contributed by atoms with Crippen LogP contribution in [0.4, 0.5) is 4.39 Å². The van der Waals surface area contributed by atoms with E-state index in [1.807, 2.05) is 6.92 Å². The fourth-order valence-electron chi connectivity index (χ4n) is 1.65. The number of hydrogen-bond acceptors (Lipinski definition) is 4. The van der Waals surface area contributed by atoms with Crippen LogP contribution >= 0.6 is 0 Å². The van der Waals surface area contributed by atoms with E-state index >= 15 is 0 Å². The summed E-state index contributed by atoms with van der Waals surface area (Å²) in [7, 11) is -3.94. The first-order chi connectivity index (χ1) is 9.92. The van der Waals surface area contributed by atoms with Gasteiger partial charge in [-0.3, -0.25) is 4.18 Å². The molecule has 2 rings (SSSR count). The number of benzene rings is 2. The monoisotopic (exact) mass is 305 g/mol. The van der Waals surface area contributed by atoms with E-state index in [1.54, 1.807) is 18.2 Å². The second kappa shape index (κ2) is 6.04.